The average Bonchev–Trinajstić information content (AvgIpc) is 2.10. The summed E-state index contributed by atoms with van der Waals surface area (Å²) in [5.74, 6) is -0.506. The first-order chi connectivity index (χ1) is 6.06. The monoisotopic (exact) mass is 263 g/mol. The summed E-state index contributed by atoms with van der Waals surface area (Å²) in [5.41, 5.74) is 0.999. The lowest BCUT2D eigenvalue weighted by Crippen LogP contribution is -2.06. The van der Waals surface area contributed by atoms with Crippen LogP contribution in [0.3, 0.4) is 0 Å². The van der Waals surface area contributed by atoms with E-state index in [4.69, 9.17) is 11.6 Å². The van der Waals surface area contributed by atoms with Crippen molar-refractivity contribution in [3.63, 3.8) is 0 Å². The van der Waals surface area contributed by atoms with E-state index in [1.807, 2.05) is 0 Å². The number of methoxy groups -OCH3 is 1. The molecule has 1 rings (SSSR count). The van der Waals surface area contributed by atoms with Crippen molar-refractivity contribution in [1.82, 2.24) is 4.98 Å². The van der Waals surface area contributed by atoms with E-state index in [1.165, 1.54) is 7.11 Å². The van der Waals surface area contributed by atoms with Gasteiger partial charge in [-0.3, -0.25) is 0 Å². The quantitative estimate of drug-likeness (QED) is 0.578. The number of aryl methyl sites for hydroxylation is 1. The Hall–Kier alpha value is -0.610. The second-order valence-corrected chi connectivity index (χ2v) is 3.63. The van der Waals surface area contributed by atoms with Gasteiger partial charge in [-0.1, -0.05) is 11.6 Å². The zero-order chi connectivity index (χ0) is 10.0. The summed E-state index contributed by atoms with van der Waals surface area (Å²) >= 11 is 8.95. The van der Waals surface area contributed by atoms with Crippen molar-refractivity contribution in [1.29, 1.82) is 0 Å². The molecule has 13 heavy (non-hydrogen) atoms. The highest BCUT2D eigenvalue weighted by molar-refractivity contribution is 9.10. The minimum atomic E-state index is -0.506. The van der Waals surface area contributed by atoms with Crippen molar-refractivity contribution in [2.75, 3.05) is 7.11 Å². The summed E-state index contributed by atoms with van der Waals surface area (Å²) in [6.45, 7) is 1.81. The van der Waals surface area contributed by atoms with Gasteiger partial charge in [-0.05, 0) is 34.5 Å². The predicted octanol–water partition coefficient (Wildman–Crippen LogP) is 2.59. The maximum absolute atomic E-state index is 11.1. The lowest BCUT2D eigenvalue weighted by Gasteiger charge is -2.03. The summed E-state index contributed by atoms with van der Waals surface area (Å²) in [5, 5.41) is 0.309. The van der Waals surface area contributed by atoms with E-state index in [-0.39, 0.29) is 5.69 Å². The Morgan fingerprint density at radius 1 is 1.69 bits per heavy atom. The molecule has 0 saturated heterocycles. The van der Waals surface area contributed by atoms with Crippen LogP contribution in [0, 0.1) is 6.92 Å². The van der Waals surface area contributed by atoms with Gasteiger partial charge >= 0.3 is 5.97 Å². The number of esters is 1. The molecule has 0 unspecified atom stereocenters. The van der Waals surface area contributed by atoms with Gasteiger partial charge in [-0.25, -0.2) is 9.78 Å². The summed E-state index contributed by atoms with van der Waals surface area (Å²) in [6.07, 6.45) is 0. The molecule has 5 heteroatoms. The van der Waals surface area contributed by atoms with Crippen LogP contribution in [0.15, 0.2) is 10.5 Å². The van der Waals surface area contributed by atoms with Crippen LogP contribution in [0.4, 0.5) is 0 Å². The Morgan fingerprint density at radius 2 is 2.31 bits per heavy atom. The molecule has 0 aromatic carbocycles. The third kappa shape index (κ3) is 2.19. The van der Waals surface area contributed by atoms with E-state index < -0.39 is 5.97 Å². The van der Waals surface area contributed by atoms with Crippen LogP contribution in [0.1, 0.15) is 16.1 Å². The van der Waals surface area contributed by atoms with Gasteiger partial charge in [-0.2, -0.15) is 0 Å². The molecule has 1 aromatic heterocycles. The maximum Gasteiger partial charge on any atom is 0.357 e. The number of ether oxygens (including phenoxy) is 1. The van der Waals surface area contributed by atoms with E-state index in [1.54, 1.807) is 13.0 Å². The van der Waals surface area contributed by atoms with Crippen molar-refractivity contribution in [3.05, 3.63) is 26.9 Å². The molecule has 70 valence electrons. The molecule has 0 N–H and O–H groups in total. The predicted molar refractivity (Wildman–Crippen MR) is 53.0 cm³/mol. The summed E-state index contributed by atoms with van der Waals surface area (Å²) in [4.78, 5) is 15.0. The van der Waals surface area contributed by atoms with Crippen molar-refractivity contribution in [3.8, 4) is 0 Å². The first-order valence-electron chi connectivity index (χ1n) is 3.47. The standard InChI is InChI=1S/C8H7BrClNO2/c1-4-3-5(9)6(8(12)13-2)11-7(4)10/h3H,1-2H3. The molecule has 0 aliphatic heterocycles. The number of rotatable bonds is 1. The van der Waals surface area contributed by atoms with Crippen molar-refractivity contribution >= 4 is 33.5 Å². The first kappa shape index (κ1) is 10.5. The zero-order valence-corrected chi connectivity index (χ0v) is 9.44. The van der Waals surface area contributed by atoms with Crippen LogP contribution >= 0.6 is 27.5 Å². The summed E-state index contributed by atoms with van der Waals surface area (Å²) in [6, 6.07) is 1.72. The molecule has 1 heterocycles. The molecule has 0 amide bonds. The third-order valence-electron chi connectivity index (χ3n) is 1.48. The Balaban J connectivity index is 3.23. The topological polar surface area (TPSA) is 39.2 Å². The van der Waals surface area contributed by atoms with Gasteiger partial charge < -0.3 is 4.74 Å². The number of carbonyl (C=O) groups excluding carboxylic acids is 1. The van der Waals surface area contributed by atoms with Crippen LogP contribution in [0.5, 0.6) is 0 Å². The van der Waals surface area contributed by atoms with E-state index in [0.717, 1.165) is 5.56 Å². The Kier molecular flexibility index (Phi) is 3.27. The first-order valence-corrected chi connectivity index (χ1v) is 4.64. The van der Waals surface area contributed by atoms with Crippen molar-refractivity contribution in [2.24, 2.45) is 0 Å². The van der Waals surface area contributed by atoms with Crippen LogP contribution in [0.25, 0.3) is 0 Å². The van der Waals surface area contributed by atoms with Crippen LogP contribution in [0.2, 0.25) is 5.15 Å². The number of carbonyl (C=O) groups is 1. The van der Waals surface area contributed by atoms with Crippen molar-refractivity contribution in [2.45, 2.75) is 6.92 Å². The number of pyridine rings is 1. The third-order valence-corrected chi connectivity index (χ3v) is 2.47. The van der Waals surface area contributed by atoms with E-state index in [9.17, 15) is 4.79 Å². The Bertz CT molecular complexity index is 354. The average molecular weight is 265 g/mol. The molecule has 0 spiro atoms. The van der Waals surface area contributed by atoms with Crippen molar-refractivity contribution < 1.29 is 9.53 Å². The molecule has 0 saturated carbocycles. The lowest BCUT2D eigenvalue weighted by molar-refractivity contribution is 0.0593. The number of nitrogens with zero attached hydrogens (tertiary/aromatic N) is 1. The Labute approximate surface area is 89.2 Å². The fourth-order valence-corrected chi connectivity index (χ4v) is 1.53. The molecule has 1 aromatic rings. The van der Waals surface area contributed by atoms with Gasteiger partial charge in [0, 0.05) is 0 Å². The normalized spacial score (nSPS) is 9.85. The van der Waals surface area contributed by atoms with E-state index in [2.05, 4.69) is 25.7 Å². The van der Waals surface area contributed by atoms with Crippen LogP contribution < -0.4 is 0 Å². The van der Waals surface area contributed by atoms with Gasteiger partial charge in [0.25, 0.3) is 0 Å². The molecule has 0 aliphatic carbocycles. The number of hydrogen-bond acceptors (Lipinski definition) is 3. The van der Waals surface area contributed by atoms with Gasteiger partial charge in [0.05, 0.1) is 11.6 Å². The highest BCUT2D eigenvalue weighted by atomic mass is 79.9. The fraction of sp³-hybridized carbons (Fsp3) is 0.250. The highest BCUT2D eigenvalue weighted by Gasteiger charge is 2.13. The minimum absolute atomic E-state index is 0.193. The molecule has 0 atom stereocenters. The molecule has 0 aliphatic rings. The second kappa shape index (κ2) is 4.07. The molecule has 0 bridgehead atoms. The van der Waals surface area contributed by atoms with Crippen LogP contribution in [-0.2, 0) is 4.74 Å². The van der Waals surface area contributed by atoms with Gasteiger partial charge in [0.2, 0.25) is 0 Å². The van der Waals surface area contributed by atoms with Gasteiger partial charge in [0.15, 0.2) is 5.69 Å². The van der Waals surface area contributed by atoms with Gasteiger partial charge in [0.1, 0.15) is 5.15 Å². The molecule has 0 radical (unpaired) electrons. The SMILES string of the molecule is COC(=O)c1nc(Cl)c(C)cc1Br. The zero-order valence-electron chi connectivity index (χ0n) is 7.10. The molecule has 3 nitrogen and oxygen atoms in total. The summed E-state index contributed by atoms with van der Waals surface area (Å²) in [7, 11) is 1.30. The fourth-order valence-electron chi connectivity index (χ4n) is 0.798. The molecule has 0 fully saturated rings. The number of hydrogen-bond donors (Lipinski definition) is 0. The van der Waals surface area contributed by atoms with Crippen LogP contribution in [-0.4, -0.2) is 18.1 Å². The van der Waals surface area contributed by atoms with E-state index in [0.29, 0.717) is 9.63 Å². The highest BCUT2D eigenvalue weighted by Crippen LogP contribution is 2.21. The van der Waals surface area contributed by atoms with Gasteiger partial charge in [-0.15, -0.1) is 0 Å². The second-order valence-electron chi connectivity index (χ2n) is 2.42. The summed E-state index contributed by atoms with van der Waals surface area (Å²) < 4.78 is 5.11. The number of aromatic nitrogens is 1. The smallest absolute Gasteiger partial charge is 0.357 e. The molecular formula is C8H7BrClNO2. The largest absolute Gasteiger partial charge is 0.464 e. The maximum atomic E-state index is 11.1. The lowest BCUT2D eigenvalue weighted by atomic mass is 10.3. The number of halogens is 2. The minimum Gasteiger partial charge on any atom is -0.464 e. The van der Waals surface area contributed by atoms with E-state index >= 15 is 0 Å². The molecular weight excluding hydrogens is 257 g/mol. The Morgan fingerprint density at radius 3 is 2.85 bits per heavy atom.